The average Bonchev–Trinajstić information content (AvgIpc) is 2.94. The highest BCUT2D eigenvalue weighted by Crippen LogP contribution is 2.68. The van der Waals surface area contributed by atoms with E-state index < -0.39 is 6.42 Å². The summed E-state index contributed by atoms with van der Waals surface area (Å²) in [5, 5.41) is 1.20. The van der Waals surface area contributed by atoms with Crippen molar-refractivity contribution in [3.05, 3.63) is 53.1 Å². The molecule has 0 bridgehead atoms. The van der Waals surface area contributed by atoms with E-state index in [-0.39, 0.29) is 5.41 Å². The van der Waals surface area contributed by atoms with Gasteiger partial charge in [0.25, 0.3) is 0 Å². The van der Waals surface area contributed by atoms with Crippen molar-refractivity contribution < 1.29 is 9.26 Å². The van der Waals surface area contributed by atoms with Gasteiger partial charge in [-0.05, 0) is 42.7 Å². The maximum atomic E-state index is 6.35. The van der Waals surface area contributed by atoms with Gasteiger partial charge in [0.2, 0.25) is 6.42 Å². The van der Waals surface area contributed by atoms with Crippen LogP contribution in [0, 0.1) is 5.41 Å². The number of rotatable bonds is 4. The molecule has 2 aliphatic heterocycles. The molecule has 0 radical (unpaired) electrons. The van der Waals surface area contributed by atoms with E-state index in [1.54, 1.807) is 0 Å². The van der Waals surface area contributed by atoms with Gasteiger partial charge >= 0.3 is 0 Å². The lowest BCUT2D eigenvalue weighted by atomic mass is 9.82. The van der Waals surface area contributed by atoms with E-state index in [2.05, 4.69) is 47.2 Å². The van der Waals surface area contributed by atoms with Crippen molar-refractivity contribution in [2.24, 2.45) is 5.41 Å². The van der Waals surface area contributed by atoms with Crippen molar-refractivity contribution in [2.75, 3.05) is 37.7 Å². The summed E-state index contributed by atoms with van der Waals surface area (Å²) >= 11 is 6.28. The molecule has 1 atom stereocenters. The summed E-state index contributed by atoms with van der Waals surface area (Å²) in [5.74, 6) is 0. The molecular formula is C20H28N3O2PS. The van der Waals surface area contributed by atoms with Gasteiger partial charge < -0.3 is 14.2 Å². The summed E-state index contributed by atoms with van der Waals surface area (Å²) < 4.78 is 14.0. The van der Waals surface area contributed by atoms with Gasteiger partial charge in [-0.1, -0.05) is 38.1 Å². The molecule has 0 unspecified atom stereocenters. The molecule has 0 amide bonds. The van der Waals surface area contributed by atoms with E-state index in [9.17, 15) is 0 Å². The number of morpholine rings is 1. The fourth-order valence-electron chi connectivity index (χ4n) is 4.04. The standard InChI is InChI=1S/C20H28N3O2PS/c1-4-25-26(27)19-17(21-23(26)16-8-6-5-7-9-16)14-20(2,3)15-18(19)22-10-12-24-13-11-22/h5-9,14,21H,4,10-13,15H2,1-3H3/t26-/m0/s1. The number of nitrogens with one attached hydrogen (secondary N) is 1. The van der Waals surface area contributed by atoms with E-state index in [4.69, 9.17) is 21.1 Å². The van der Waals surface area contributed by atoms with Gasteiger partial charge in [0.15, 0.2) is 0 Å². The maximum absolute atomic E-state index is 6.35. The van der Waals surface area contributed by atoms with Gasteiger partial charge in [0, 0.05) is 18.8 Å². The quantitative estimate of drug-likeness (QED) is 0.757. The summed E-state index contributed by atoms with van der Waals surface area (Å²) in [5.41, 5.74) is 7.18. The predicted octanol–water partition coefficient (Wildman–Crippen LogP) is 4.21. The molecule has 0 spiro atoms. The Labute approximate surface area is 167 Å². The van der Waals surface area contributed by atoms with E-state index >= 15 is 0 Å². The zero-order valence-corrected chi connectivity index (χ0v) is 18.0. The zero-order chi connectivity index (χ0) is 19.1. The normalized spacial score (nSPS) is 27.3. The number of fused-ring (bicyclic) bond motifs is 1. The monoisotopic (exact) mass is 405 g/mol. The first-order chi connectivity index (χ1) is 12.9. The Balaban J connectivity index is 1.86. The lowest BCUT2D eigenvalue weighted by Crippen LogP contribution is -2.38. The summed E-state index contributed by atoms with van der Waals surface area (Å²) in [6.07, 6.45) is 0.874. The molecule has 0 aromatic heterocycles. The largest absolute Gasteiger partial charge is 0.378 e. The second kappa shape index (κ2) is 7.25. The van der Waals surface area contributed by atoms with E-state index in [0.717, 1.165) is 44.1 Å². The summed E-state index contributed by atoms with van der Waals surface area (Å²) in [4.78, 5) is 2.46. The molecule has 1 aromatic rings. The molecule has 0 saturated carbocycles. The highest BCUT2D eigenvalue weighted by molar-refractivity contribution is 8.15. The molecule has 5 nitrogen and oxygen atoms in total. The molecule has 2 fully saturated rings. The number of allylic oxidation sites excluding steroid dienone is 3. The van der Waals surface area contributed by atoms with Crippen molar-refractivity contribution in [3.63, 3.8) is 0 Å². The summed E-state index contributed by atoms with van der Waals surface area (Å²) in [6.45, 7) is 10.6. The van der Waals surface area contributed by atoms with Crippen LogP contribution < -0.4 is 10.2 Å². The van der Waals surface area contributed by atoms with E-state index in [0.29, 0.717) is 6.61 Å². The molecule has 1 N–H and O–H groups in total. The van der Waals surface area contributed by atoms with Gasteiger partial charge in [0.1, 0.15) is 0 Å². The van der Waals surface area contributed by atoms with Crippen molar-refractivity contribution >= 4 is 23.9 Å². The second-order valence-corrected chi connectivity index (χ2v) is 11.4. The van der Waals surface area contributed by atoms with Gasteiger partial charge in [-0.15, -0.1) is 0 Å². The molecule has 7 heteroatoms. The topological polar surface area (TPSA) is 37.0 Å². The van der Waals surface area contributed by atoms with Crippen LogP contribution in [0.5, 0.6) is 0 Å². The van der Waals surface area contributed by atoms with Crippen molar-refractivity contribution in [1.29, 1.82) is 0 Å². The maximum Gasteiger partial charge on any atom is 0.208 e. The fraction of sp³-hybridized carbons (Fsp3) is 0.500. The first kappa shape index (κ1) is 19.0. The third-order valence-electron chi connectivity index (χ3n) is 5.16. The number of hydrogen-bond donors (Lipinski definition) is 1. The SMILES string of the molecule is CCO[P@]1(=S)C2=C(N3CCOCC3)CC(C)(C)C=C2NN1c1ccccc1. The molecule has 3 aliphatic rings. The Kier molecular flexibility index (Phi) is 5.10. The van der Waals surface area contributed by atoms with Crippen LogP contribution >= 0.6 is 6.42 Å². The van der Waals surface area contributed by atoms with E-state index in [1.165, 1.54) is 11.0 Å². The first-order valence-electron chi connectivity index (χ1n) is 9.61. The van der Waals surface area contributed by atoms with Crippen molar-refractivity contribution in [3.8, 4) is 0 Å². The Hall–Kier alpha value is -1.33. The minimum absolute atomic E-state index is 0.0680. The van der Waals surface area contributed by atoms with Gasteiger partial charge in [-0.25, -0.2) is 4.78 Å². The smallest absolute Gasteiger partial charge is 0.208 e. The molecule has 1 aromatic carbocycles. The fourth-order valence-corrected chi connectivity index (χ4v) is 7.81. The minimum Gasteiger partial charge on any atom is -0.378 e. The molecular weight excluding hydrogens is 377 g/mol. The highest BCUT2D eigenvalue weighted by atomic mass is 32.4. The minimum atomic E-state index is -2.43. The first-order valence-corrected chi connectivity index (χ1v) is 12.3. The summed E-state index contributed by atoms with van der Waals surface area (Å²) in [6, 6.07) is 10.3. The average molecular weight is 406 g/mol. The van der Waals surface area contributed by atoms with Gasteiger partial charge in [-0.2, -0.15) is 0 Å². The number of benzene rings is 1. The van der Waals surface area contributed by atoms with Crippen LogP contribution in [-0.4, -0.2) is 37.8 Å². The molecule has 146 valence electrons. The van der Waals surface area contributed by atoms with Crippen LogP contribution in [-0.2, 0) is 21.1 Å². The molecule has 1 aliphatic carbocycles. The number of para-hydroxylation sites is 1. The van der Waals surface area contributed by atoms with Crippen LogP contribution in [0.4, 0.5) is 5.69 Å². The Morgan fingerprint density at radius 1 is 1.22 bits per heavy atom. The number of hydrogen-bond acceptors (Lipinski definition) is 5. The van der Waals surface area contributed by atoms with Crippen LogP contribution in [0.3, 0.4) is 0 Å². The molecule has 4 rings (SSSR count). The Morgan fingerprint density at radius 2 is 1.93 bits per heavy atom. The third-order valence-corrected chi connectivity index (χ3v) is 9.04. The second-order valence-electron chi connectivity index (χ2n) is 7.82. The van der Waals surface area contributed by atoms with Crippen LogP contribution in [0.25, 0.3) is 0 Å². The molecule has 27 heavy (non-hydrogen) atoms. The van der Waals surface area contributed by atoms with Crippen LogP contribution in [0.2, 0.25) is 0 Å². The van der Waals surface area contributed by atoms with E-state index in [1.807, 2.05) is 25.1 Å². The third kappa shape index (κ3) is 3.44. The van der Waals surface area contributed by atoms with Crippen molar-refractivity contribution in [1.82, 2.24) is 10.3 Å². The number of anilines is 1. The Bertz CT molecular complexity index is 816. The number of ether oxygens (including phenoxy) is 1. The van der Waals surface area contributed by atoms with Gasteiger partial charge in [-0.3, -0.25) is 5.43 Å². The molecule has 2 saturated heterocycles. The van der Waals surface area contributed by atoms with Crippen LogP contribution in [0.15, 0.2) is 53.1 Å². The van der Waals surface area contributed by atoms with Gasteiger partial charge in [0.05, 0.1) is 36.5 Å². The zero-order valence-electron chi connectivity index (χ0n) is 16.3. The summed E-state index contributed by atoms with van der Waals surface area (Å²) in [7, 11) is 0. The lowest BCUT2D eigenvalue weighted by Gasteiger charge is -2.39. The Morgan fingerprint density at radius 3 is 2.59 bits per heavy atom. The highest BCUT2D eigenvalue weighted by Gasteiger charge is 2.47. The van der Waals surface area contributed by atoms with Crippen LogP contribution in [0.1, 0.15) is 27.2 Å². The predicted molar refractivity (Wildman–Crippen MR) is 114 cm³/mol. The lowest BCUT2D eigenvalue weighted by molar-refractivity contribution is 0.0497. The number of nitrogens with zero attached hydrogens (tertiary/aromatic N) is 2. The number of hydrazine groups is 1. The molecule has 2 heterocycles. The van der Waals surface area contributed by atoms with Crippen molar-refractivity contribution in [2.45, 2.75) is 27.2 Å².